The Morgan fingerprint density at radius 2 is 1.94 bits per heavy atom. The summed E-state index contributed by atoms with van der Waals surface area (Å²) in [6, 6.07) is 5.40. The molecule has 1 aromatic carbocycles. The summed E-state index contributed by atoms with van der Waals surface area (Å²) >= 11 is 0. The second-order valence-corrected chi connectivity index (χ2v) is 8.44. The molecule has 1 unspecified atom stereocenters. The Bertz CT molecular complexity index is 1120. The van der Waals surface area contributed by atoms with Gasteiger partial charge in [-0.25, -0.2) is 23.2 Å². The zero-order valence-corrected chi connectivity index (χ0v) is 17.6. The number of hydrogen-bond donors (Lipinski definition) is 2. The molecule has 13 heteroatoms. The number of amides is 1. The molecule has 3 rings (SSSR count). The molecule has 31 heavy (non-hydrogen) atoms. The fraction of sp³-hybridized carbons (Fsp3) is 0.333. The van der Waals surface area contributed by atoms with E-state index >= 15 is 0 Å². The number of benzene rings is 1. The lowest BCUT2D eigenvalue weighted by molar-refractivity contribution is -0.137. The monoisotopic (exact) mass is 459 g/mol. The average molecular weight is 459 g/mol. The van der Waals surface area contributed by atoms with Crippen LogP contribution < -0.4 is 20.4 Å². The molecule has 1 aromatic heterocycles. The van der Waals surface area contributed by atoms with E-state index in [0.29, 0.717) is 5.69 Å². The fourth-order valence-electron chi connectivity index (χ4n) is 3.29. The van der Waals surface area contributed by atoms with Crippen molar-refractivity contribution in [3.8, 4) is 0 Å². The van der Waals surface area contributed by atoms with Crippen molar-refractivity contribution in [3.05, 3.63) is 47.3 Å². The highest BCUT2D eigenvalue weighted by Gasteiger charge is 2.42. The molecule has 1 aliphatic heterocycles. The predicted molar refractivity (Wildman–Crippen MR) is 106 cm³/mol. The second-order valence-electron chi connectivity index (χ2n) is 6.58. The van der Waals surface area contributed by atoms with Gasteiger partial charge in [0.25, 0.3) is 5.91 Å². The summed E-state index contributed by atoms with van der Waals surface area (Å²) in [6.45, 7) is 1.70. The second kappa shape index (κ2) is 7.98. The van der Waals surface area contributed by atoms with Gasteiger partial charge < -0.3 is 10.6 Å². The Hall–Kier alpha value is -2.90. The SMILES string of the molecule is CCON1c2cc(C(F)(F)F)ccc2N(C)C1c1nc(C(N)=O)ccc1S(=O)(=O)NC. The van der Waals surface area contributed by atoms with Crippen molar-refractivity contribution < 1.29 is 31.2 Å². The van der Waals surface area contributed by atoms with Gasteiger partial charge in [-0.15, -0.1) is 0 Å². The van der Waals surface area contributed by atoms with Crippen LogP contribution in [-0.4, -0.2) is 40.0 Å². The van der Waals surface area contributed by atoms with Crippen LogP contribution in [0.1, 0.15) is 34.8 Å². The average Bonchev–Trinajstić information content (AvgIpc) is 2.98. The van der Waals surface area contributed by atoms with Crippen LogP contribution in [0.4, 0.5) is 24.5 Å². The molecule has 0 radical (unpaired) electrons. The lowest BCUT2D eigenvalue weighted by atomic mass is 10.1. The van der Waals surface area contributed by atoms with Gasteiger partial charge in [0, 0.05) is 7.05 Å². The Kier molecular flexibility index (Phi) is 5.86. The number of fused-ring (bicyclic) bond motifs is 1. The van der Waals surface area contributed by atoms with E-state index in [1.54, 1.807) is 14.0 Å². The van der Waals surface area contributed by atoms with Gasteiger partial charge >= 0.3 is 6.18 Å². The number of anilines is 2. The van der Waals surface area contributed by atoms with E-state index in [9.17, 15) is 26.4 Å². The van der Waals surface area contributed by atoms with Gasteiger partial charge in [-0.1, -0.05) is 0 Å². The molecule has 0 spiro atoms. The molecule has 0 bridgehead atoms. The van der Waals surface area contributed by atoms with Crippen LogP contribution >= 0.6 is 0 Å². The number of aromatic nitrogens is 1. The van der Waals surface area contributed by atoms with Crippen LogP contribution in [-0.2, 0) is 21.0 Å². The predicted octanol–water partition coefficient (Wildman–Crippen LogP) is 2.01. The number of pyridine rings is 1. The summed E-state index contributed by atoms with van der Waals surface area (Å²) in [4.78, 5) is 22.6. The van der Waals surface area contributed by atoms with Gasteiger partial charge in [0.1, 0.15) is 16.3 Å². The molecule has 0 aliphatic carbocycles. The van der Waals surface area contributed by atoms with Gasteiger partial charge in [-0.2, -0.15) is 13.2 Å². The van der Waals surface area contributed by atoms with Crippen molar-refractivity contribution in [2.45, 2.75) is 24.2 Å². The van der Waals surface area contributed by atoms with Crippen LogP contribution in [0.5, 0.6) is 0 Å². The largest absolute Gasteiger partial charge is 0.416 e. The Morgan fingerprint density at radius 1 is 1.26 bits per heavy atom. The molecular weight excluding hydrogens is 439 g/mol. The number of primary amides is 1. The van der Waals surface area contributed by atoms with Crippen molar-refractivity contribution in [2.75, 3.05) is 30.7 Å². The topological polar surface area (TPSA) is 118 Å². The normalized spacial score (nSPS) is 16.5. The van der Waals surface area contributed by atoms with Gasteiger partial charge in [0.2, 0.25) is 10.0 Å². The summed E-state index contributed by atoms with van der Waals surface area (Å²) in [5.41, 5.74) is 4.49. The molecule has 0 saturated heterocycles. The van der Waals surface area contributed by atoms with Gasteiger partial charge in [0.05, 0.1) is 23.5 Å². The molecule has 2 aromatic rings. The molecule has 1 amide bonds. The van der Waals surface area contributed by atoms with Crippen molar-refractivity contribution in [1.29, 1.82) is 0 Å². The maximum atomic E-state index is 13.3. The van der Waals surface area contributed by atoms with E-state index in [0.717, 1.165) is 29.3 Å². The summed E-state index contributed by atoms with van der Waals surface area (Å²) in [7, 11) is -1.30. The molecule has 3 N–H and O–H groups in total. The Labute approximate surface area is 176 Å². The van der Waals surface area contributed by atoms with E-state index in [1.165, 1.54) is 18.0 Å². The quantitative estimate of drug-likeness (QED) is 0.679. The fourth-order valence-corrected chi connectivity index (χ4v) is 4.18. The number of nitrogens with one attached hydrogen (secondary N) is 1. The van der Waals surface area contributed by atoms with Gasteiger partial charge in [-0.3, -0.25) is 9.63 Å². The molecular formula is C18H20F3N5O4S. The summed E-state index contributed by atoms with van der Waals surface area (Å²) in [5.74, 6) is -0.893. The number of halogens is 3. The molecule has 2 heterocycles. The van der Waals surface area contributed by atoms with Gasteiger partial charge in [0.15, 0.2) is 6.17 Å². The molecule has 168 valence electrons. The number of nitrogens with zero attached hydrogens (tertiary/aromatic N) is 3. The van der Waals surface area contributed by atoms with Crippen molar-refractivity contribution in [1.82, 2.24) is 9.71 Å². The maximum Gasteiger partial charge on any atom is 0.416 e. The molecule has 9 nitrogen and oxygen atoms in total. The summed E-state index contributed by atoms with van der Waals surface area (Å²) in [5, 5.41) is 1.15. The molecule has 1 atom stereocenters. The first-order chi connectivity index (χ1) is 14.4. The number of hydroxylamine groups is 1. The first kappa shape index (κ1) is 22.8. The smallest absolute Gasteiger partial charge is 0.364 e. The minimum Gasteiger partial charge on any atom is -0.364 e. The van der Waals surface area contributed by atoms with Crippen LogP contribution in [0.25, 0.3) is 0 Å². The standard InChI is InChI=1S/C18H20F3N5O4S/c1-4-30-26-13-9-10(18(19,20)21)5-7-12(13)25(3)17(26)15-14(31(28,29)23-2)8-6-11(24-15)16(22)27/h5-9,17,23H,4H2,1-3H3,(H2,22,27). The number of carbonyl (C=O) groups is 1. The van der Waals surface area contributed by atoms with Gasteiger partial charge in [-0.05, 0) is 44.3 Å². The molecule has 0 fully saturated rings. The zero-order chi connectivity index (χ0) is 23.1. The van der Waals surface area contributed by atoms with Crippen LogP contribution in [0, 0.1) is 0 Å². The lowest BCUT2D eigenvalue weighted by Crippen LogP contribution is -2.36. The number of alkyl halides is 3. The molecule has 1 aliphatic rings. The number of hydrogen-bond acceptors (Lipinski definition) is 7. The zero-order valence-electron chi connectivity index (χ0n) is 16.8. The number of nitrogens with two attached hydrogens (primary N) is 1. The van der Waals surface area contributed by atoms with Crippen molar-refractivity contribution in [3.63, 3.8) is 0 Å². The number of sulfonamides is 1. The number of carbonyl (C=O) groups excluding carboxylic acids is 1. The minimum atomic E-state index is -4.59. The maximum absolute atomic E-state index is 13.3. The third-order valence-corrected chi connectivity index (χ3v) is 6.18. The first-order valence-electron chi connectivity index (χ1n) is 9.03. The third kappa shape index (κ3) is 4.03. The Morgan fingerprint density at radius 3 is 2.48 bits per heavy atom. The van der Waals surface area contributed by atoms with E-state index in [4.69, 9.17) is 10.6 Å². The van der Waals surface area contributed by atoms with Crippen LogP contribution in [0.3, 0.4) is 0 Å². The Balaban J connectivity index is 2.26. The van der Waals surface area contributed by atoms with E-state index < -0.39 is 33.8 Å². The van der Waals surface area contributed by atoms with Crippen LogP contribution in [0.15, 0.2) is 35.2 Å². The highest BCUT2D eigenvalue weighted by Crippen LogP contribution is 2.48. The third-order valence-electron chi connectivity index (χ3n) is 4.72. The van der Waals surface area contributed by atoms with E-state index in [1.807, 2.05) is 0 Å². The highest BCUT2D eigenvalue weighted by atomic mass is 32.2. The van der Waals surface area contributed by atoms with E-state index in [-0.39, 0.29) is 28.6 Å². The lowest BCUT2D eigenvalue weighted by Gasteiger charge is -2.30. The minimum absolute atomic E-state index is 0.0725. The van der Waals surface area contributed by atoms with E-state index in [2.05, 4.69) is 9.71 Å². The summed E-state index contributed by atoms with van der Waals surface area (Å²) in [6.07, 6.45) is -5.68. The van der Waals surface area contributed by atoms with Crippen molar-refractivity contribution >= 4 is 27.3 Å². The highest BCUT2D eigenvalue weighted by molar-refractivity contribution is 7.89. The first-order valence-corrected chi connectivity index (χ1v) is 10.5. The van der Waals surface area contributed by atoms with Crippen LogP contribution in [0.2, 0.25) is 0 Å². The summed E-state index contributed by atoms with van der Waals surface area (Å²) < 4.78 is 67.2. The molecule has 0 saturated carbocycles. The van der Waals surface area contributed by atoms with Crippen molar-refractivity contribution in [2.24, 2.45) is 5.73 Å². The number of rotatable bonds is 6.